The summed E-state index contributed by atoms with van der Waals surface area (Å²) in [5.41, 5.74) is 7.54. The van der Waals surface area contributed by atoms with E-state index in [-0.39, 0.29) is 10.5 Å². The first-order valence-corrected chi connectivity index (χ1v) is 10.6. The lowest BCUT2D eigenvalue weighted by molar-refractivity contribution is 0.0846. The van der Waals surface area contributed by atoms with E-state index in [0.29, 0.717) is 11.3 Å². The lowest BCUT2D eigenvalue weighted by Crippen LogP contribution is -2.41. The highest BCUT2D eigenvalue weighted by Crippen LogP contribution is 2.22. The van der Waals surface area contributed by atoms with Gasteiger partial charge in [0.25, 0.3) is 21.8 Å². The molecule has 154 valence electrons. The van der Waals surface area contributed by atoms with Gasteiger partial charge in [0, 0.05) is 11.1 Å². The molecule has 0 saturated carbocycles. The first kappa shape index (κ1) is 21.1. The Labute approximate surface area is 175 Å². The van der Waals surface area contributed by atoms with Gasteiger partial charge in [-0.15, -0.1) is 0 Å². The number of aryl methyl sites for hydroxylation is 1. The van der Waals surface area contributed by atoms with Crippen LogP contribution >= 0.6 is 0 Å². The summed E-state index contributed by atoms with van der Waals surface area (Å²) in [4.78, 5) is 24.2. The van der Waals surface area contributed by atoms with Crippen molar-refractivity contribution in [1.82, 2.24) is 10.9 Å². The number of amides is 2. The normalized spacial score (nSPS) is 10.9. The smallest absolute Gasteiger partial charge is 0.269 e. The molecule has 0 fully saturated rings. The van der Waals surface area contributed by atoms with Crippen LogP contribution in [0.25, 0.3) is 0 Å². The summed E-state index contributed by atoms with van der Waals surface area (Å²) >= 11 is 0. The summed E-state index contributed by atoms with van der Waals surface area (Å²) in [6.45, 7) is 3.74. The third kappa shape index (κ3) is 4.84. The van der Waals surface area contributed by atoms with Crippen molar-refractivity contribution in [2.45, 2.75) is 18.7 Å². The topological polar surface area (TPSA) is 104 Å². The Hall–Kier alpha value is -3.65. The predicted octanol–water partition coefficient (Wildman–Crippen LogP) is 3.18. The highest BCUT2D eigenvalue weighted by Gasteiger charge is 2.17. The molecule has 8 heteroatoms. The fourth-order valence-electron chi connectivity index (χ4n) is 2.70. The van der Waals surface area contributed by atoms with E-state index in [2.05, 4.69) is 15.6 Å². The van der Waals surface area contributed by atoms with Gasteiger partial charge in [-0.05, 0) is 67.4 Å². The molecule has 3 rings (SSSR count). The molecule has 0 spiro atoms. The Balaban J connectivity index is 1.67. The van der Waals surface area contributed by atoms with E-state index in [1.807, 2.05) is 19.9 Å². The molecule has 0 aliphatic carbocycles. The molecule has 0 bridgehead atoms. The van der Waals surface area contributed by atoms with Crippen LogP contribution in [0.15, 0.2) is 77.7 Å². The maximum Gasteiger partial charge on any atom is 0.269 e. The molecular formula is C22H21N3O4S. The third-order valence-electron chi connectivity index (χ3n) is 4.60. The quantitative estimate of drug-likeness (QED) is 0.548. The van der Waals surface area contributed by atoms with Crippen molar-refractivity contribution in [2.24, 2.45) is 0 Å². The fraction of sp³-hybridized carbons (Fsp3) is 0.0909. The van der Waals surface area contributed by atoms with Crippen molar-refractivity contribution in [2.75, 3.05) is 4.72 Å². The van der Waals surface area contributed by atoms with Crippen LogP contribution in [0.3, 0.4) is 0 Å². The standard InChI is InChI=1S/C22H21N3O4S/c1-15-7-6-10-20(16(15)2)25-30(28,29)19-13-11-18(12-14-19)22(27)24-23-21(26)17-8-4-3-5-9-17/h3-14,25H,1-2H3,(H,23,26)(H,24,27). The molecular weight excluding hydrogens is 402 g/mol. The zero-order valence-electron chi connectivity index (χ0n) is 16.5. The zero-order chi connectivity index (χ0) is 21.7. The second-order valence-corrected chi connectivity index (χ2v) is 8.33. The van der Waals surface area contributed by atoms with Crippen molar-refractivity contribution in [3.8, 4) is 0 Å². The Morgan fingerprint density at radius 2 is 1.27 bits per heavy atom. The number of carbonyl (C=O) groups is 2. The summed E-state index contributed by atoms with van der Waals surface area (Å²) in [6, 6.07) is 19.2. The van der Waals surface area contributed by atoms with Gasteiger partial charge in [0.15, 0.2) is 0 Å². The van der Waals surface area contributed by atoms with Gasteiger partial charge in [0.05, 0.1) is 10.6 Å². The van der Waals surface area contributed by atoms with Gasteiger partial charge < -0.3 is 0 Å². The van der Waals surface area contributed by atoms with E-state index in [1.165, 1.54) is 24.3 Å². The van der Waals surface area contributed by atoms with Crippen LogP contribution in [0, 0.1) is 13.8 Å². The molecule has 0 aliphatic heterocycles. The third-order valence-corrected chi connectivity index (χ3v) is 5.98. The number of hydrazine groups is 1. The van der Waals surface area contributed by atoms with Crippen LogP contribution < -0.4 is 15.6 Å². The van der Waals surface area contributed by atoms with Crippen molar-refractivity contribution >= 4 is 27.5 Å². The van der Waals surface area contributed by atoms with E-state index in [9.17, 15) is 18.0 Å². The summed E-state index contributed by atoms with van der Waals surface area (Å²) < 4.78 is 27.9. The van der Waals surface area contributed by atoms with Crippen LogP contribution in [0.2, 0.25) is 0 Å². The summed E-state index contributed by atoms with van der Waals surface area (Å²) in [7, 11) is -3.81. The van der Waals surface area contributed by atoms with Crippen molar-refractivity contribution in [3.63, 3.8) is 0 Å². The van der Waals surface area contributed by atoms with E-state index < -0.39 is 21.8 Å². The van der Waals surface area contributed by atoms with Gasteiger partial charge in [-0.1, -0.05) is 30.3 Å². The summed E-state index contributed by atoms with van der Waals surface area (Å²) in [5.74, 6) is -1.02. The molecule has 3 aromatic carbocycles. The maximum absolute atomic E-state index is 12.6. The van der Waals surface area contributed by atoms with Gasteiger partial charge in [-0.3, -0.25) is 25.2 Å². The first-order valence-electron chi connectivity index (χ1n) is 9.13. The fourth-order valence-corrected chi connectivity index (χ4v) is 3.82. The molecule has 3 N–H and O–H groups in total. The molecule has 0 aliphatic rings. The lowest BCUT2D eigenvalue weighted by Gasteiger charge is -2.12. The van der Waals surface area contributed by atoms with Gasteiger partial charge >= 0.3 is 0 Å². The molecule has 0 unspecified atom stereocenters. The number of anilines is 1. The van der Waals surface area contributed by atoms with Crippen LogP contribution in [0.5, 0.6) is 0 Å². The predicted molar refractivity (Wildman–Crippen MR) is 115 cm³/mol. The van der Waals surface area contributed by atoms with Gasteiger partial charge in [-0.25, -0.2) is 8.42 Å². The van der Waals surface area contributed by atoms with E-state index in [1.54, 1.807) is 42.5 Å². The summed E-state index contributed by atoms with van der Waals surface area (Å²) in [6.07, 6.45) is 0. The highest BCUT2D eigenvalue weighted by atomic mass is 32.2. The van der Waals surface area contributed by atoms with Crippen molar-refractivity contribution in [1.29, 1.82) is 0 Å². The van der Waals surface area contributed by atoms with Gasteiger partial charge in [-0.2, -0.15) is 0 Å². The molecule has 0 aromatic heterocycles. The van der Waals surface area contributed by atoms with E-state index in [0.717, 1.165) is 11.1 Å². The number of nitrogens with one attached hydrogen (secondary N) is 3. The monoisotopic (exact) mass is 423 g/mol. The van der Waals surface area contributed by atoms with Crippen LogP contribution in [0.4, 0.5) is 5.69 Å². The highest BCUT2D eigenvalue weighted by molar-refractivity contribution is 7.92. The zero-order valence-corrected chi connectivity index (χ0v) is 17.3. The van der Waals surface area contributed by atoms with Gasteiger partial charge in [0.2, 0.25) is 0 Å². The Morgan fingerprint density at radius 1 is 0.700 bits per heavy atom. The second-order valence-electron chi connectivity index (χ2n) is 6.65. The minimum atomic E-state index is -3.81. The molecule has 2 amide bonds. The van der Waals surface area contributed by atoms with Crippen molar-refractivity contribution < 1.29 is 18.0 Å². The number of benzene rings is 3. The van der Waals surface area contributed by atoms with Gasteiger partial charge in [0.1, 0.15) is 0 Å². The molecule has 0 radical (unpaired) electrons. The molecule has 0 heterocycles. The maximum atomic E-state index is 12.6. The number of sulfonamides is 1. The largest absolute Gasteiger partial charge is 0.279 e. The first-order chi connectivity index (χ1) is 14.3. The summed E-state index contributed by atoms with van der Waals surface area (Å²) in [5, 5.41) is 0. The lowest BCUT2D eigenvalue weighted by atomic mass is 10.1. The minimum absolute atomic E-state index is 0.0216. The molecule has 7 nitrogen and oxygen atoms in total. The van der Waals surface area contributed by atoms with Crippen LogP contribution in [-0.4, -0.2) is 20.2 Å². The number of hydrogen-bond donors (Lipinski definition) is 3. The average Bonchev–Trinajstić information content (AvgIpc) is 2.75. The second kappa shape index (κ2) is 8.79. The molecule has 30 heavy (non-hydrogen) atoms. The average molecular weight is 423 g/mol. The number of carbonyl (C=O) groups excluding carboxylic acids is 2. The van der Waals surface area contributed by atoms with E-state index in [4.69, 9.17) is 0 Å². The minimum Gasteiger partial charge on any atom is -0.279 e. The Morgan fingerprint density at radius 3 is 1.87 bits per heavy atom. The molecule has 0 atom stereocenters. The van der Waals surface area contributed by atoms with Crippen LogP contribution in [-0.2, 0) is 10.0 Å². The SMILES string of the molecule is Cc1cccc(NS(=O)(=O)c2ccc(C(=O)NNC(=O)c3ccccc3)cc2)c1C. The Kier molecular flexibility index (Phi) is 6.17. The van der Waals surface area contributed by atoms with E-state index >= 15 is 0 Å². The molecule has 0 saturated heterocycles. The Bertz CT molecular complexity index is 1170. The van der Waals surface area contributed by atoms with Crippen molar-refractivity contribution in [3.05, 3.63) is 95.1 Å². The molecule has 3 aromatic rings. The number of rotatable bonds is 5. The number of hydrogen-bond acceptors (Lipinski definition) is 4. The van der Waals surface area contributed by atoms with Crippen LogP contribution in [0.1, 0.15) is 31.8 Å².